The lowest BCUT2D eigenvalue weighted by Crippen LogP contribution is -2.02. The van der Waals surface area contributed by atoms with Gasteiger partial charge in [-0.1, -0.05) is 27.5 Å². The molecule has 0 aliphatic rings. The molecule has 0 N–H and O–H groups in total. The van der Waals surface area contributed by atoms with E-state index in [1.807, 2.05) is 18.4 Å². The number of hydrogen-bond acceptors (Lipinski definition) is 3. The number of ketones is 1. The second-order valence-electron chi connectivity index (χ2n) is 3.74. The minimum absolute atomic E-state index is 0.115. The molecule has 0 bridgehead atoms. The maximum Gasteiger partial charge on any atom is 0.208 e. The Hall–Kier alpha value is -0.840. The first kappa shape index (κ1) is 13.6. The van der Waals surface area contributed by atoms with Crippen LogP contribution in [0.3, 0.4) is 0 Å². The molecule has 5 heteroatoms. The lowest BCUT2D eigenvalue weighted by Gasteiger charge is -2.07. The van der Waals surface area contributed by atoms with Crippen molar-refractivity contribution in [2.45, 2.75) is 6.92 Å². The number of benzene rings is 1. The van der Waals surface area contributed by atoms with Crippen molar-refractivity contribution in [3.63, 3.8) is 0 Å². The van der Waals surface area contributed by atoms with Crippen molar-refractivity contribution in [1.29, 1.82) is 0 Å². The van der Waals surface area contributed by atoms with Crippen LogP contribution in [0.4, 0.5) is 0 Å². The van der Waals surface area contributed by atoms with Gasteiger partial charge in [-0.3, -0.25) is 4.79 Å². The lowest BCUT2D eigenvalue weighted by atomic mass is 10.1. The number of hydrogen-bond donors (Lipinski definition) is 0. The van der Waals surface area contributed by atoms with Crippen LogP contribution in [-0.2, 0) is 0 Å². The summed E-state index contributed by atoms with van der Waals surface area (Å²) in [5.41, 5.74) is 1.43. The van der Waals surface area contributed by atoms with E-state index in [1.165, 1.54) is 11.3 Å². The van der Waals surface area contributed by atoms with Crippen LogP contribution in [0, 0.1) is 6.92 Å². The molecule has 1 aromatic carbocycles. The number of halogens is 2. The van der Waals surface area contributed by atoms with Crippen molar-refractivity contribution >= 4 is 44.7 Å². The molecule has 0 radical (unpaired) electrons. The minimum atomic E-state index is -0.115. The summed E-state index contributed by atoms with van der Waals surface area (Å²) in [4.78, 5) is 13.0. The molecule has 1 aromatic heterocycles. The van der Waals surface area contributed by atoms with E-state index in [0.29, 0.717) is 21.2 Å². The van der Waals surface area contributed by atoms with Crippen LogP contribution in [0.5, 0.6) is 5.75 Å². The van der Waals surface area contributed by atoms with Crippen LogP contribution < -0.4 is 4.74 Å². The Kier molecular flexibility index (Phi) is 4.10. The van der Waals surface area contributed by atoms with Gasteiger partial charge >= 0.3 is 0 Å². The number of rotatable bonds is 3. The number of aryl methyl sites for hydroxylation is 1. The molecule has 0 atom stereocenters. The molecule has 2 rings (SSSR count). The van der Waals surface area contributed by atoms with Crippen molar-refractivity contribution in [2.75, 3.05) is 7.11 Å². The summed E-state index contributed by atoms with van der Waals surface area (Å²) in [7, 11) is 1.54. The van der Waals surface area contributed by atoms with Gasteiger partial charge in [-0.15, -0.1) is 11.3 Å². The van der Waals surface area contributed by atoms with Gasteiger partial charge in [-0.05, 0) is 36.1 Å². The maximum absolute atomic E-state index is 12.4. The summed E-state index contributed by atoms with van der Waals surface area (Å²) < 4.78 is 6.04. The van der Waals surface area contributed by atoms with Gasteiger partial charge in [0.2, 0.25) is 5.78 Å². The lowest BCUT2D eigenvalue weighted by molar-refractivity contribution is 0.103. The zero-order valence-corrected chi connectivity index (χ0v) is 12.9. The van der Waals surface area contributed by atoms with Gasteiger partial charge in [-0.2, -0.15) is 0 Å². The molecule has 2 nitrogen and oxygen atoms in total. The number of methoxy groups -OCH3 is 1. The molecule has 0 unspecified atom stereocenters. The van der Waals surface area contributed by atoms with E-state index in [0.717, 1.165) is 10.0 Å². The molecule has 0 amide bonds. The largest absolute Gasteiger partial charge is 0.496 e. The summed E-state index contributed by atoms with van der Waals surface area (Å²) in [6.45, 7) is 1.88. The highest BCUT2D eigenvalue weighted by Crippen LogP contribution is 2.32. The first-order chi connectivity index (χ1) is 8.54. The van der Waals surface area contributed by atoms with Gasteiger partial charge in [0, 0.05) is 4.47 Å². The van der Waals surface area contributed by atoms with Crippen LogP contribution in [0.15, 0.2) is 28.1 Å². The van der Waals surface area contributed by atoms with Gasteiger partial charge in [0.15, 0.2) is 0 Å². The van der Waals surface area contributed by atoms with Crippen LogP contribution in [0.25, 0.3) is 0 Å². The van der Waals surface area contributed by atoms with Crippen LogP contribution in [-0.4, -0.2) is 12.9 Å². The third kappa shape index (κ3) is 2.46. The van der Waals surface area contributed by atoms with Gasteiger partial charge < -0.3 is 4.74 Å². The Morgan fingerprint density at radius 2 is 2.17 bits per heavy atom. The monoisotopic (exact) mass is 344 g/mol. The predicted molar refractivity (Wildman–Crippen MR) is 78.2 cm³/mol. The molecule has 0 spiro atoms. The fraction of sp³-hybridized carbons (Fsp3) is 0.154. The van der Waals surface area contributed by atoms with Crippen molar-refractivity contribution in [1.82, 2.24) is 0 Å². The molecule has 1 heterocycles. The molecule has 18 heavy (non-hydrogen) atoms. The molecule has 94 valence electrons. The van der Waals surface area contributed by atoms with E-state index in [1.54, 1.807) is 19.2 Å². The second kappa shape index (κ2) is 5.43. The highest BCUT2D eigenvalue weighted by Gasteiger charge is 2.20. The molecule has 0 saturated carbocycles. The van der Waals surface area contributed by atoms with Crippen LogP contribution in [0.1, 0.15) is 20.8 Å². The van der Waals surface area contributed by atoms with Crippen molar-refractivity contribution in [3.8, 4) is 5.75 Å². The summed E-state index contributed by atoms with van der Waals surface area (Å²) in [6, 6.07) is 5.33. The van der Waals surface area contributed by atoms with E-state index >= 15 is 0 Å². The summed E-state index contributed by atoms with van der Waals surface area (Å²) in [6.07, 6.45) is 0. The first-order valence-corrected chi connectivity index (χ1v) is 7.21. The minimum Gasteiger partial charge on any atom is -0.496 e. The number of thiophene rings is 1. The van der Waals surface area contributed by atoms with Crippen molar-refractivity contribution < 1.29 is 9.53 Å². The SMILES string of the molecule is COc1ccc(Br)cc1C(=O)c1scc(C)c1Cl. The fourth-order valence-electron chi connectivity index (χ4n) is 1.56. The zero-order chi connectivity index (χ0) is 13.3. The molecule has 2 aromatic rings. The Balaban J connectivity index is 2.52. The Morgan fingerprint density at radius 1 is 1.44 bits per heavy atom. The Morgan fingerprint density at radius 3 is 2.72 bits per heavy atom. The average Bonchev–Trinajstić information content (AvgIpc) is 2.69. The van der Waals surface area contributed by atoms with E-state index < -0.39 is 0 Å². The predicted octanol–water partition coefficient (Wildman–Crippen LogP) is 4.71. The Labute approximate surface area is 123 Å². The third-order valence-corrected chi connectivity index (χ3v) is 4.70. The summed E-state index contributed by atoms with van der Waals surface area (Å²) in [5.74, 6) is 0.432. The zero-order valence-electron chi connectivity index (χ0n) is 9.79. The van der Waals surface area contributed by atoms with E-state index in [9.17, 15) is 4.79 Å². The van der Waals surface area contributed by atoms with Gasteiger partial charge in [0.05, 0.1) is 22.6 Å². The van der Waals surface area contributed by atoms with Gasteiger partial charge in [0.25, 0.3) is 0 Å². The normalized spacial score (nSPS) is 10.4. The fourth-order valence-corrected chi connectivity index (χ4v) is 3.16. The molecule has 0 aliphatic heterocycles. The van der Waals surface area contributed by atoms with E-state index in [-0.39, 0.29) is 5.78 Å². The molecule has 0 aliphatic carbocycles. The van der Waals surface area contributed by atoms with Crippen LogP contribution >= 0.6 is 38.9 Å². The first-order valence-electron chi connectivity index (χ1n) is 5.16. The Bertz CT molecular complexity index is 607. The van der Waals surface area contributed by atoms with E-state index in [4.69, 9.17) is 16.3 Å². The topological polar surface area (TPSA) is 26.3 Å². The molecule has 0 fully saturated rings. The molecular formula is C13H10BrClO2S. The van der Waals surface area contributed by atoms with Gasteiger partial charge in [-0.25, -0.2) is 0 Å². The number of ether oxygens (including phenoxy) is 1. The average molecular weight is 346 g/mol. The quantitative estimate of drug-likeness (QED) is 0.753. The maximum atomic E-state index is 12.4. The van der Waals surface area contributed by atoms with Crippen molar-refractivity contribution in [2.24, 2.45) is 0 Å². The van der Waals surface area contributed by atoms with Gasteiger partial charge in [0.1, 0.15) is 5.75 Å². The smallest absolute Gasteiger partial charge is 0.208 e. The summed E-state index contributed by atoms with van der Waals surface area (Å²) >= 11 is 10.8. The number of carbonyl (C=O) groups excluding carboxylic acids is 1. The van der Waals surface area contributed by atoms with E-state index in [2.05, 4.69) is 15.9 Å². The van der Waals surface area contributed by atoms with Crippen LogP contribution in [0.2, 0.25) is 5.02 Å². The molecule has 0 saturated heterocycles. The standard InChI is InChI=1S/C13H10BrClO2S/c1-7-6-18-13(11(7)15)12(16)9-5-8(14)3-4-10(9)17-2/h3-6H,1-2H3. The highest BCUT2D eigenvalue weighted by molar-refractivity contribution is 9.10. The van der Waals surface area contributed by atoms with Crippen molar-refractivity contribution in [3.05, 3.63) is 49.1 Å². The molecular weight excluding hydrogens is 336 g/mol. The second-order valence-corrected chi connectivity index (χ2v) is 5.91. The number of carbonyl (C=O) groups is 1. The summed E-state index contributed by atoms with van der Waals surface area (Å²) in [5, 5.41) is 2.40. The third-order valence-electron chi connectivity index (χ3n) is 2.51. The highest BCUT2D eigenvalue weighted by atomic mass is 79.9.